The molecule has 1 unspecified atom stereocenters. The predicted octanol–water partition coefficient (Wildman–Crippen LogP) is 6.52. The summed E-state index contributed by atoms with van der Waals surface area (Å²) in [6.45, 7) is 3.73. The van der Waals surface area contributed by atoms with Crippen LogP contribution in [-0.2, 0) is 9.53 Å². The summed E-state index contributed by atoms with van der Waals surface area (Å²) >= 11 is 1.68. The summed E-state index contributed by atoms with van der Waals surface area (Å²) in [7, 11) is 1.25. The van der Waals surface area contributed by atoms with Gasteiger partial charge in [-0.25, -0.2) is 14.6 Å². The van der Waals surface area contributed by atoms with Crippen LogP contribution in [0.3, 0.4) is 0 Å². The van der Waals surface area contributed by atoms with Gasteiger partial charge < -0.3 is 24.9 Å². The molecule has 1 aliphatic carbocycles. The molecule has 0 radical (unpaired) electrons. The number of methoxy groups -OCH3 is 1. The van der Waals surface area contributed by atoms with Crippen LogP contribution in [0.15, 0.2) is 48.7 Å². The first-order valence-electron chi connectivity index (χ1n) is 13.5. The van der Waals surface area contributed by atoms with E-state index in [4.69, 9.17) is 4.74 Å². The number of thioether (sulfide) groups is 1. The van der Waals surface area contributed by atoms with Gasteiger partial charge in [0.1, 0.15) is 11.6 Å². The molecule has 4 atom stereocenters. The number of carboxylic acid groups (broad SMARTS) is 1. The van der Waals surface area contributed by atoms with Gasteiger partial charge in [0.15, 0.2) is 5.78 Å². The number of hydrogen-bond acceptors (Lipinski definition) is 7. The summed E-state index contributed by atoms with van der Waals surface area (Å²) in [4.78, 5) is 44.8. The zero-order valence-corrected chi connectivity index (χ0v) is 24.7. The van der Waals surface area contributed by atoms with Crippen molar-refractivity contribution in [2.75, 3.05) is 13.4 Å². The summed E-state index contributed by atoms with van der Waals surface area (Å²) in [5.74, 6) is -2.15. The van der Waals surface area contributed by atoms with Gasteiger partial charge in [-0.05, 0) is 54.3 Å². The molecule has 4 rings (SSSR count). The lowest BCUT2D eigenvalue weighted by molar-refractivity contribution is -0.274. The summed E-state index contributed by atoms with van der Waals surface area (Å²) in [5.41, 5.74) is 1.49. The lowest BCUT2D eigenvalue weighted by atomic mass is 9.84. The normalized spacial score (nSPS) is 19.2. The molecule has 0 spiro atoms. The van der Waals surface area contributed by atoms with Crippen molar-refractivity contribution in [3.63, 3.8) is 0 Å². The predicted molar refractivity (Wildman–Crippen MR) is 155 cm³/mol. The fourth-order valence-electron chi connectivity index (χ4n) is 5.39. The summed E-state index contributed by atoms with van der Waals surface area (Å²) < 4.78 is 48.0. The van der Waals surface area contributed by atoms with E-state index in [1.165, 1.54) is 19.2 Å². The van der Waals surface area contributed by atoms with Crippen molar-refractivity contribution in [2.45, 2.75) is 50.3 Å². The maximum absolute atomic E-state index is 13.7. The molecule has 3 N–H and O–H groups in total. The monoisotopic (exact) mass is 619 g/mol. The quantitative estimate of drug-likeness (QED) is 0.234. The number of alkyl carbamates (subject to hydrolysis) is 1. The van der Waals surface area contributed by atoms with Crippen LogP contribution in [0, 0.1) is 11.8 Å². The number of aromatic carboxylic acids is 1. The van der Waals surface area contributed by atoms with Gasteiger partial charge in [-0.3, -0.25) is 4.79 Å². The number of rotatable bonds is 10. The van der Waals surface area contributed by atoms with Gasteiger partial charge >= 0.3 is 18.4 Å². The van der Waals surface area contributed by atoms with E-state index in [1.807, 2.05) is 20.1 Å². The van der Waals surface area contributed by atoms with Crippen LogP contribution < -0.4 is 10.1 Å². The molecule has 1 fully saturated rings. The lowest BCUT2D eigenvalue weighted by Crippen LogP contribution is -2.47. The van der Waals surface area contributed by atoms with Crippen LogP contribution in [0.25, 0.3) is 22.4 Å². The number of ether oxygens (including phenoxy) is 2. The Kier molecular flexibility index (Phi) is 9.73. The van der Waals surface area contributed by atoms with E-state index < -0.39 is 30.2 Å². The Hall–Kier alpha value is -4.00. The second-order valence-corrected chi connectivity index (χ2v) is 11.8. The number of hydrogen-bond donors (Lipinski definition) is 3. The number of imidazole rings is 1. The van der Waals surface area contributed by atoms with Gasteiger partial charge in [0.25, 0.3) is 0 Å². The molecule has 1 heterocycles. The molecule has 0 saturated heterocycles. The number of amides is 1. The molecule has 230 valence electrons. The molecule has 43 heavy (non-hydrogen) atoms. The van der Waals surface area contributed by atoms with Crippen LogP contribution >= 0.6 is 11.8 Å². The number of Topliss-reactive ketones (excluding diaryl/α,β-unsaturated/α-hetero) is 1. The van der Waals surface area contributed by atoms with E-state index in [9.17, 15) is 32.7 Å². The topological polar surface area (TPSA) is 131 Å². The van der Waals surface area contributed by atoms with E-state index in [2.05, 4.69) is 20.0 Å². The molecule has 1 amide bonds. The van der Waals surface area contributed by atoms with Gasteiger partial charge in [0.2, 0.25) is 0 Å². The molecular formula is C30H32F3N3O6S. The highest BCUT2D eigenvalue weighted by molar-refractivity contribution is 7.99. The first-order valence-corrected chi connectivity index (χ1v) is 14.8. The number of aromatic nitrogens is 2. The Morgan fingerprint density at radius 1 is 1.09 bits per heavy atom. The number of carbonyl (C=O) groups is 3. The third-order valence-electron chi connectivity index (χ3n) is 7.56. The van der Waals surface area contributed by atoms with E-state index in [0.717, 1.165) is 12.5 Å². The Labute approximate surface area is 250 Å². The van der Waals surface area contributed by atoms with Crippen molar-refractivity contribution in [3.8, 4) is 28.1 Å². The van der Waals surface area contributed by atoms with Crippen molar-refractivity contribution >= 4 is 29.6 Å². The molecule has 2 aromatic carbocycles. The maximum Gasteiger partial charge on any atom is 0.573 e. The van der Waals surface area contributed by atoms with Crippen LogP contribution in [0.1, 0.15) is 48.8 Å². The highest BCUT2D eigenvalue weighted by Gasteiger charge is 2.44. The molecule has 1 aliphatic rings. The molecule has 9 nitrogen and oxygen atoms in total. The fourth-order valence-corrected chi connectivity index (χ4v) is 6.19. The molecule has 0 aliphatic heterocycles. The number of H-pyrrole nitrogens is 1. The number of benzene rings is 2. The third-order valence-corrected chi connectivity index (χ3v) is 8.61. The van der Waals surface area contributed by atoms with Crippen LogP contribution in [0.4, 0.5) is 18.0 Å². The van der Waals surface area contributed by atoms with Crippen LogP contribution in [0.2, 0.25) is 0 Å². The molecule has 3 aromatic rings. The first-order chi connectivity index (χ1) is 20.3. The molecule has 0 bridgehead atoms. The Bertz CT molecular complexity index is 1470. The minimum absolute atomic E-state index is 0.0740. The Morgan fingerprint density at radius 2 is 1.77 bits per heavy atom. The van der Waals surface area contributed by atoms with Crippen molar-refractivity contribution in [3.05, 3.63) is 60.0 Å². The second kappa shape index (κ2) is 13.1. The number of nitrogens with zero attached hydrogens (tertiary/aromatic N) is 1. The van der Waals surface area contributed by atoms with Gasteiger partial charge in [-0.1, -0.05) is 38.1 Å². The average Bonchev–Trinajstić information content (AvgIpc) is 3.62. The minimum atomic E-state index is -5.00. The summed E-state index contributed by atoms with van der Waals surface area (Å²) in [6.07, 6.45) is -0.661. The SMILES string of the molecule is COC(=O)N[C@H](C(=O)C1C[C@@H](SC)C[C@H]1c1ncc(-c2ccc(-c3ccc(C(=O)O)cc3OC(F)(F)F)cc2)[nH]1)C(C)C. The van der Waals surface area contributed by atoms with Gasteiger partial charge in [0.05, 0.1) is 30.6 Å². The third kappa shape index (κ3) is 7.51. The Morgan fingerprint density at radius 3 is 2.35 bits per heavy atom. The number of nitrogens with one attached hydrogen (secondary N) is 2. The number of ketones is 1. The van der Waals surface area contributed by atoms with Crippen LogP contribution in [0.5, 0.6) is 5.75 Å². The highest BCUT2D eigenvalue weighted by atomic mass is 32.2. The average molecular weight is 620 g/mol. The molecular weight excluding hydrogens is 587 g/mol. The number of halogens is 3. The van der Waals surface area contributed by atoms with E-state index in [1.54, 1.807) is 42.2 Å². The maximum atomic E-state index is 13.7. The summed E-state index contributed by atoms with van der Waals surface area (Å²) in [6, 6.07) is 9.22. The van der Waals surface area contributed by atoms with E-state index >= 15 is 0 Å². The highest BCUT2D eigenvalue weighted by Crippen LogP contribution is 2.45. The summed E-state index contributed by atoms with van der Waals surface area (Å²) in [5, 5.41) is 12.1. The van der Waals surface area contributed by atoms with Gasteiger partial charge in [0, 0.05) is 22.6 Å². The lowest BCUT2D eigenvalue weighted by Gasteiger charge is -2.26. The standard InChI is InChI=1S/C30H32F3N3O6S/c1-15(2)25(36-29(40)41-3)26(37)21-12-19(43-4)13-22(21)27-34-14-23(35-27)17-7-5-16(6-8-17)20-10-9-18(28(38)39)11-24(20)42-30(31,32)33/h5-11,14-15,19,21-22,25H,12-13H2,1-4H3,(H,34,35)(H,36,40)(H,38,39)/t19-,21?,22-,25+/m1/s1. The number of carbonyl (C=O) groups excluding carboxylic acids is 2. The first kappa shape index (κ1) is 31.9. The van der Waals surface area contributed by atoms with Crippen molar-refractivity contribution in [1.82, 2.24) is 15.3 Å². The Balaban J connectivity index is 1.59. The van der Waals surface area contributed by atoms with Gasteiger partial charge in [-0.15, -0.1) is 13.2 Å². The zero-order valence-electron chi connectivity index (χ0n) is 23.9. The minimum Gasteiger partial charge on any atom is -0.478 e. The van der Waals surface area contributed by atoms with Gasteiger partial charge in [-0.2, -0.15) is 11.8 Å². The van der Waals surface area contributed by atoms with Crippen molar-refractivity contribution in [2.24, 2.45) is 11.8 Å². The molecule has 1 aromatic heterocycles. The largest absolute Gasteiger partial charge is 0.573 e. The van der Waals surface area contributed by atoms with Crippen molar-refractivity contribution in [1.29, 1.82) is 0 Å². The smallest absolute Gasteiger partial charge is 0.478 e. The zero-order chi connectivity index (χ0) is 31.5. The van der Waals surface area contributed by atoms with Crippen molar-refractivity contribution < 1.29 is 42.1 Å². The van der Waals surface area contributed by atoms with E-state index in [-0.39, 0.29) is 39.9 Å². The number of aromatic amines is 1. The fraction of sp³-hybridized carbons (Fsp3) is 0.400. The number of alkyl halides is 3. The molecule has 13 heteroatoms. The van der Waals surface area contributed by atoms with E-state index in [0.29, 0.717) is 29.1 Å². The van der Waals surface area contributed by atoms with Crippen LogP contribution in [-0.4, -0.2) is 63.9 Å². The second-order valence-electron chi connectivity index (χ2n) is 10.6. The number of carboxylic acids is 1. The molecule has 1 saturated carbocycles.